The van der Waals surface area contributed by atoms with Gasteiger partial charge in [0.15, 0.2) is 5.69 Å². The predicted octanol–water partition coefficient (Wildman–Crippen LogP) is 3.72. The van der Waals surface area contributed by atoms with E-state index in [1.165, 1.54) is 4.90 Å². The molecule has 1 amide bonds. The Morgan fingerprint density at radius 3 is 1.87 bits per heavy atom. The number of amides is 1. The summed E-state index contributed by atoms with van der Waals surface area (Å²) in [6, 6.07) is 29.1. The van der Waals surface area contributed by atoms with Crippen molar-refractivity contribution in [3.05, 3.63) is 120 Å². The monoisotopic (exact) mass is 412 g/mol. The van der Waals surface area contributed by atoms with E-state index in [0.717, 1.165) is 16.7 Å². The fraction of sp³-hybridized carbons (Fsp3) is 0.160. The third-order valence-electron chi connectivity index (χ3n) is 5.20. The van der Waals surface area contributed by atoms with Crippen LogP contribution in [0.1, 0.15) is 39.3 Å². The first-order chi connectivity index (χ1) is 15.1. The van der Waals surface area contributed by atoms with Gasteiger partial charge in [-0.3, -0.25) is 4.79 Å². The van der Waals surface area contributed by atoms with Crippen molar-refractivity contribution >= 4 is 5.91 Å². The summed E-state index contributed by atoms with van der Waals surface area (Å²) in [4.78, 5) is 14.4. The SMILES string of the molecule is CN(CC(O)c1ccccc1)C(=O)c1cn(C(c2ccccc2)c2ccccc2)nn1. The van der Waals surface area contributed by atoms with Crippen molar-refractivity contribution in [1.29, 1.82) is 0 Å². The zero-order valence-corrected chi connectivity index (χ0v) is 17.2. The zero-order valence-electron chi connectivity index (χ0n) is 17.2. The van der Waals surface area contributed by atoms with Gasteiger partial charge in [0, 0.05) is 7.05 Å². The lowest BCUT2D eigenvalue weighted by molar-refractivity contribution is 0.0675. The second-order valence-electron chi connectivity index (χ2n) is 7.42. The van der Waals surface area contributed by atoms with E-state index in [1.807, 2.05) is 91.0 Å². The normalized spacial score (nSPS) is 12.0. The van der Waals surface area contributed by atoms with Gasteiger partial charge in [-0.05, 0) is 16.7 Å². The number of aliphatic hydroxyl groups is 1. The van der Waals surface area contributed by atoms with Gasteiger partial charge in [-0.2, -0.15) is 0 Å². The Morgan fingerprint density at radius 2 is 1.35 bits per heavy atom. The Hall–Kier alpha value is -3.77. The van der Waals surface area contributed by atoms with Crippen LogP contribution in [0.25, 0.3) is 0 Å². The van der Waals surface area contributed by atoms with Crippen LogP contribution in [0.4, 0.5) is 0 Å². The summed E-state index contributed by atoms with van der Waals surface area (Å²) >= 11 is 0. The van der Waals surface area contributed by atoms with Gasteiger partial charge in [-0.1, -0.05) is 96.2 Å². The molecule has 0 fully saturated rings. The van der Waals surface area contributed by atoms with E-state index < -0.39 is 6.10 Å². The minimum absolute atomic E-state index is 0.163. The lowest BCUT2D eigenvalue weighted by Gasteiger charge is -2.20. The molecule has 1 atom stereocenters. The quantitative estimate of drug-likeness (QED) is 0.502. The lowest BCUT2D eigenvalue weighted by atomic mass is 9.99. The Balaban J connectivity index is 1.56. The molecule has 1 unspecified atom stereocenters. The molecule has 0 saturated heterocycles. The maximum atomic E-state index is 12.9. The number of nitrogens with zero attached hydrogens (tertiary/aromatic N) is 4. The molecule has 1 N–H and O–H groups in total. The van der Waals surface area contributed by atoms with E-state index in [-0.39, 0.29) is 24.2 Å². The van der Waals surface area contributed by atoms with E-state index in [9.17, 15) is 9.90 Å². The van der Waals surface area contributed by atoms with Crippen molar-refractivity contribution in [3.8, 4) is 0 Å². The average molecular weight is 412 g/mol. The highest BCUT2D eigenvalue weighted by Gasteiger charge is 2.23. The zero-order chi connectivity index (χ0) is 21.6. The smallest absolute Gasteiger partial charge is 0.275 e. The van der Waals surface area contributed by atoms with Gasteiger partial charge < -0.3 is 10.0 Å². The molecule has 4 aromatic rings. The maximum absolute atomic E-state index is 12.9. The number of likely N-dealkylation sites (N-methyl/N-ethyl adjacent to an activating group) is 1. The fourth-order valence-electron chi connectivity index (χ4n) is 3.59. The second-order valence-corrected chi connectivity index (χ2v) is 7.42. The van der Waals surface area contributed by atoms with Gasteiger partial charge in [0.05, 0.1) is 18.8 Å². The molecule has 0 aliphatic rings. The molecule has 0 radical (unpaired) electrons. The number of aliphatic hydroxyl groups excluding tert-OH is 1. The number of hydrogen-bond donors (Lipinski definition) is 1. The molecule has 31 heavy (non-hydrogen) atoms. The summed E-state index contributed by atoms with van der Waals surface area (Å²) in [5, 5.41) is 18.8. The number of carbonyl (C=O) groups excluding carboxylic acids is 1. The minimum Gasteiger partial charge on any atom is -0.387 e. The molecular weight excluding hydrogens is 388 g/mol. The number of benzene rings is 3. The molecule has 4 rings (SSSR count). The molecule has 156 valence electrons. The number of carbonyl (C=O) groups is 1. The topological polar surface area (TPSA) is 71.2 Å². The van der Waals surface area contributed by atoms with Crippen LogP contribution >= 0.6 is 0 Å². The molecule has 0 spiro atoms. The van der Waals surface area contributed by atoms with E-state index in [1.54, 1.807) is 17.9 Å². The Labute approximate surface area is 181 Å². The first kappa shape index (κ1) is 20.5. The minimum atomic E-state index is -0.772. The average Bonchev–Trinajstić information content (AvgIpc) is 3.30. The van der Waals surface area contributed by atoms with Crippen molar-refractivity contribution in [2.45, 2.75) is 12.1 Å². The van der Waals surface area contributed by atoms with Crippen molar-refractivity contribution in [2.24, 2.45) is 0 Å². The Bertz CT molecular complexity index is 1070. The molecule has 1 aromatic heterocycles. The summed E-state index contributed by atoms with van der Waals surface area (Å²) in [7, 11) is 1.65. The first-order valence-corrected chi connectivity index (χ1v) is 10.1. The molecule has 6 nitrogen and oxygen atoms in total. The maximum Gasteiger partial charge on any atom is 0.275 e. The standard InChI is InChI=1S/C25H24N4O2/c1-28(18-23(30)19-11-5-2-6-12-19)25(31)22-17-29(27-26-22)24(20-13-7-3-8-14-20)21-15-9-4-10-16-21/h2-17,23-24,30H,18H2,1H3. The van der Waals surface area contributed by atoms with E-state index in [0.29, 0.717) is 0 Å². The summed E-state index contributed by atoms with van der Waals surface area (Å²) in [5.74, 6) is -0.291. The molecule has 0 aliphatic carbocycles. The molecular formula is C25H24N4O2. The number of hydrogen-bond acceptors (Lipinski definition) is 4. The van der Waals surface area contributed by atoms with E-state index in [2.05, 4.69) is 10.3 Å². The highest BCUT2D eigenvalue weighted by Crippen LogP contribution is 2.26. The van der Waals surface area contributed by atoms with Crippen molar-refractivity contribution in [1.82, 2.24) is 19.9 Å². The molecule has 0 bridgehead atoms. The Kier molecular flexibility index (Phi) is 6.19. The van der Waals surface area contributed by atoms with Crippen molar-refractivity contribution in [3.63, 3.8) is 0 Å². The largest absolute Gasteiger partial charge is 0.387 e. The van der Waals surface area contributed by atoms with Gasteiger partial charge >= 0.3 is 0 Å². The van der Waals surface area contributed by atoms with Crippen LogP contribution in [0.15, 0.2) is 97.2 Å². The van der Waals surface area contributed by atoms with Crippen LogP contribution in [0.2, 0.25) is 0 Å². The molecule has 6 heteroatoms. The van der Waals surface area contributed by atoms with Crippen LogP contribution in [0.5, 0.6) is 0 Å². The van der Waals surface area contributed by atoms with Crippen LogP contribution in [-0.2, 0) is 0 Å². The number of rotatable bonds is 7. The van der Waals surface area contributed by atoms with Gasteiger partial charge in [-0.25, -0.2) is 4.68 Å². The van der Waals surface area contributed by atoms with Crippen LogP contribution < -0.4 is 0 Å². The van der Waals surface area contributed by atoms with Crippen LogP contribution in [0, 0.1) is 0 Å². The predicted molar refractivity (Wildman–Crippen MR) is 119 cm³/mol. The fourth-order valence-corrected chi connectivity index (χ4v) is 3.59. The molecule has 1 heterocycles. The number of aromatic nitrogens is 3. The summed E-state index contributed by atoms with van der Waals surface area (Å²) < 4.78 is 1.71. The van der Waals surface area contributed by atoms with Crippen molar-refractivity contribution in [2.75, 3.05) is 13.6 Å². The first-order valence-electron chi connectivity index (χ1n) is 10.1. The molecule has 0 saturated carbocycles. The van der Waals surface area contributed by atoms with Gasteiger partial charge in [-0.15, -0.1) is 5.10 Å². The van der Waals surface area contributed by atoms with Gasteiger partial charge in [0.25, 0.3) is 5.91 Å². The van der Waals surface area contributed by atoms with Crippen LogP contribution in [0.3, 0.4) is 0 Å². The highest BCUT2D eigenvalue weighted by atomic mass is 16.3. The summed E-state index contributed by atoms with van der Waals surface area (Å²) in [5.41, 5.74) is 3.09. The molecule has 0 aliphatic heterocycles. The van der Waals surface area contributed by atoms with Crippen molar-refractivity contribution < 1.29 is 9.90 Å². The van der Waals surface area contributed by atoms with E-state index >= 15 is 0 Å². The van der Waals surface area contributed by atoms with Gasteiger partial charge in [0.2, 0.25) is 0 Å². The third kappa shape index (κ3) is 4.70. The summed E-state index contributed by atoms with van der Waals surface area (Å²) in [6.45, 7) is 0.163. The Morgan fingerprint density at radius 1 is 0.871 bits per heavy atom. The molecule has 3 aromatic carbocycles. The lowest BCUT2D eigenvalue weighted by Crippen LogP contribution is -2.31. The van der Waals surface area contributed by atoms with Gasteiger partial charge in [0.1, 0.15) is 6.04 Å². The third-order valence-corrected chi connectivity index (χ3v) is 5.20. The van der Waals surface area contributed by atoms with Crippen LogP contribution in [-0.4, -0.2) is 44.5 Å². The van der Waals surface area contributed by atoms with E-state index in [4.69, 9.17) is 0 Å². The summed E-state index contributed by atoms with van der Waals surface area (Å²) in [6.07, 6.45) is 0.893. The highest BCUT2D eigenvalue weighted by molar-refractivity contribution is 5.91. The second kappa shape index (κ2) is 9.36.